The number of benzene rings is 4. The molecule has 0 aliphatic heterocycles. The van der Waals surface area contributed by atoms with Gasteiger partial charge in [0.05, 0.1) is 0 Å². The molecule has 200 valence electrons. The standard InChI is InChI=1S/C17H13.C15H14.C5H5.2ClH.Zr/c1-3-12-5-7-14-11-15-8-6-13(4-2)10-17(15)16(14)9-12;1-3-8-14(9-4-1)12-7-13-15-10-5-2-6-11-15;1-2-4-5-3-1;;;/h3-11H,1-2H2;1-6,8-11H,12-13H2;1-3H,4H2;2*1H;/q-1;;-1;;;+2/p-2. The molecule has 0 bridgehead atoms. The molecule has 0 fully saturated rings. The second kappa shape index (κ2) is 17.7. The number of halogens is 2. The van der Waals surface area contributed by atoms with E-state index in [0.29, 0.717) is 0 Å². The van der Waals surface area contributed by atoms with Crippen molar-refractivity contribution in [1.82, 2.24) is 0 Å². The Balaban J connectivity index is 0.000000229. The summed E-state index contributed by atoms with van der Waals surface area (Å²) < 4.78 is 1.60. The number of hydrogen-bond donors (Lipinski definition) is 0. The van der Waals surface area contributed by atoms with Gasteiger partial charge < -0.3 is 24.8 Å². The first-order valence-corrected chi connectivity index (χ1v) is 14.1. The Morgan fingerprint density at radius 1 is 0.725 bits per heavy atom. The van der Waals surface area contributed by atoms with Crippen molar-refractivity contribution >= 4 is 36.9 Å². The van der Waals surface area contributed by atoms with Gasteiger partial charge in [-0.2, -0.15) is 6.08 Å². The summed E-state index contributed by atoms with van der Waals surface area (Å²) in [5, 5.41) is 5.15. The third-order valence-electron chi connectivity index (χ3n) is 6.33. The van der Waals surface area contributed by atoms with E-state index in [1.165, 1.54) is 32.7 Å². The van der Waals surface area contributed by atoms with E-state index >= 15 is 0 Å². The number of hydrogen-bond acceptors (Lipinski definition) is 0. The molecule has 5 aromatic rings. The van der Waals surface area contributed by atoms with E-state index in [4.69, 9.17) is 0 Å². The average Bonchev–Trinajstić information content (AvgIpc) is 3.66. The molecule has 6 rings (SSSR count). The first-order valence-electron chi connectivity index (χ1n) is 12.9. The summed E-state index contributed by atoms with van der Waals surface area (Å²) in [4.78, 5) is 0. The van der Waals surface area contributed by atoms with Crippen LogP contribution in [0.1, 0.15) is 28.7 Å². The van der Waals surface area contributed by atoms with Crippen molar-refractivity contribution < 1.29 is 49.0 Å². The number of fused-ring (bicyclic) bond motifs is 3. The molecule has 0 amide bonds. The van der Waals surface area contributed by atoms with E-state index < -0.39 is 0 Å². The van der Waals surface area contributed by atoms with Crippen molar-refractivity contribution in [3.8, 4) is 0 Å². The van der Waals surface area contributed by atoms with E-state index in [-0.39, 0.29) is 24.8 Å². The second-order valence-electron chi connectivity index (χ2n) is 9.18. The van der Waals surface area contributed by atoms with Crippen LogP contribution in [-0.4, -0.2) is 3.21 Å². The van der Waals surface area contributed by atoms with Gasteiger partial charge in [-0.3, -0.25) is 6.08 Å². The van der Waals surface area contributed by atoms with Crippen LogP contribution in [0.25, 0.3) is 33.7 Å². The van der Waals surface area contributed by atoms with Crippen molar-refractivity contribution in [2.75, 3.05) is 0 Å². The molecule has 5 aromatic carbocycles. The van der Waals surface area contributed by atoms with E-state index in [1.54, 1.807) is 27.4 Å². The molecule has 1 aliphatic carbocycles. The third kappa shape index (κ3) is 9.90. The predicted molar refractivity (Wildman–Crippen MR) is 164 cm³/mol. The predicted octanol–water partition coefficient (Wildman–Crippen LogP) is 3.50. The van der Waals surface area contributed by atoms with Gasteiger partial charge in [0.25, 0.3) is 0 Å². The second-order valence-corrected chi connectivity index (χ2v) is 10.9. The molecule has 0 N–H and O–H groups in total. The Bertz CT molecular complexity index is 1460. The molecule has 0 unspecified atom stereocenters. The van der Waals surface area contributed by atoms with Gasteiger partial charge in [-0.1, -0.05) is 49.6 Å². The normalized spacial score (nSPS) is 10.8. The molecule has 0 saturated heterocycles. The van der Waals surface area contributed by atoms with Crippen molar-refractivity contribution in [1.29, 1.82) is 0 Å². The van der Waals surface area contributed by atoms with Crippen LogP contribution in [0.5, 0.6) is 0 Å². The summed E-state index contributed by atoms with van der Waals surface area (Å²) in [7, 11) is 0. The van der Waals surface area contributed by atoms with Gasteiger partial charge in [-0.15, -0.1) is 46.2 Å². The minimum absolute atomic E-state index is 0. The molecule has 1 aliphatic rings. The van der Waals surface area contributed by atoms with Crippen LogP contribution in [0.4, 0.5) is 0 Å². The molecular formula is C37H32Cl2Zr-2. The average molecular weight is 639 g/mol. The first-order chi connectivity index (χ1) is 18.7. The molecule has 0 spiro atoms. The zero-order valence-electron chi connectivity index (χ0n) is 22.5. The van der Waals surface area contributed by atoms with Crippen molar-refractivity contribution in [3.05, 3.63) is 163 Å². The summed E-state index contributed by atoms with van der Waals surface area (Å²) in [6, 6.07) is 36.5. The Labute approximate surface area is 266 Å². The number of rotatable bonds is 6. The van der Waals surface area contributed by atoms with E-state index in [2.05, 4.69) is 128 Å². The summed E-state index contributed by atoms with van der Waals surface area (Å²) in [6.45, 7) is 7.64. The van der Waals surface area contributed by atoms with E-state index in [0.717, 1.165) is 30.4 Å². The SMILES string of the molecule is C=Cc1ccc2[cH-]c3ccc(C=C)cc3c2c1.[C-]1=CC=CC1.[Cl-].[Cl-].[Zr+2]=[C](Cc1ccccc1)Cc1ccccc1. The van der Waals surface area contributed by atoms with Crippen LogP contribution in [0.15, 0.2) is 135 Å². The van der Waals surface area contributed by atoms with Crippen molar-refractivity contribution in [2.45, 2.75) is 19.3 Å². The van der Waals surface area contributed by atoms with Crippen LogP contribution < -0.4 is 24.8 Å². The molecule has 0 heterocycles. The van der Waals surface area contributed by atoms with Crippen LogP contribution in [0, 0.1) is 6.08 Å². The van der Waals surface area contributed by atoms with Crippen LogP contribution in [0.2, 0.25) is 0 Å². The Kier molecular flexibility index (Phi) is 14.7. The van der Waals surface area contributed by atoms with Crippen LogP contribution >= 0.6 is 0 Å². The van der Waals surface area contributed by atoms with E-state index in [9.17, 15) is 0 Å². The first kappa shape index (κ1) is 33.3. The van der Waals surface area contributed by atoms with Crippen LogP contribution in [-0.2, 0) is 37.1 Å². The molecule has 0 aromatic heterocycles. The monoisotopic (exact) mass is 636 g/mol. The van der Waals surface area contributed by atoms with Gasteiger partial charge in [-0.05, 0) is 11.1 Å². The molecule has 0 radical (unpaired) electrons. The molecular weight excluding hydrogens is 607 g/mol. The Morgan fingerprint density at radius 3 is 1.55 bits per heavy atom. The summed E-state index contributed by atoms with van der Waals surface area (Å²) >= 11 is 1.55. The van der Waals surface area contributed by atoms with Gasteiger partial charge in [0.1, 0.15) is 0 Å². The van der Waals surface area contributed by atoms with Gasteiger partial charge in [0.15, 0.2) is 0 Å². The zero-order chi connectivity index (χ0) is 26.6. The fourth-order valence-electron chi connectivity index (χ4n) is 4.37. The molecule has 40 heavy (non-hydrogen) atoms. The summed E-state index contributed by atoms with van der Waals surface area (Å²) in [6.07, 6.45) is 16.0. The van der Waals surface area contributed by atoms with Gasteiger partial charge >= 0.3 is 112 Å². The maximum atomic E-state index is 3.82. The van der Waals surface area contributed by atoms with E-state index in [1.807, 2.05) is 24.3 Å². The Morgan fingerprint density at radius 2 is 1.20 bits per heavy atom. The molecule has 0 atom stereocenters. The molecule has 0 saturated carbocycles. The Hall–Kier alpha value is -2.96. The number of allylic oxidation sites excluding steroid dienone is 4. The van der Waals surface area contributed by atoms with Crippen molar-refractivity contribution in [3.63, 3.8) is 0 Å². The zero-order valence-corrected chi connectivity index (χ0v) is 26.5. The topological polar surface area (TPSA) is 0 Å². The quantitative estimate of drug-likeness (QED) is 0.250. The minimum atomic E-state index is 0. The molecule has 3 heteroatoms. The molecule has 0 nitrogen and oxygen atoms in total. The van der Waals surface area contributed by atoms with Crippen molar-refractivity contribution in [2.24, 2.45) is 0 Å². The maximum absolute atomic E-state index is 3.82. The fraction of sp³-hybridized carbons (Fsp3) is 0.0811. The summed E-state index contributed by atoms with van der Waals surface area (Å²) in [5.41, 5.74) is 5.17. The third-order valence-corrected chi connectivity index (χ3v) is 7.20. The van der Waals surface area contributed by atoms with Gasteiger partial charge in [0, 0.05) is 0 Å². The fourth-order valence-corrected chi connectivity index (χ4v) is 5.38. The van der Waals surface area contributed by atoms with Gasteiger partial charge in [-0.25, -0.2) is 12.2 Å². The van der Waals surface area contributed by atoms with Gasteiger partial charge in [0.2, 0.25) is 0 Å². The summed E-state index contributed by atoms with van der Waals surface area (Å²) in [5.74, 6) is 0. The van der Waals surface area contributed by atoms with Crippen LogP contribution in [0.3, 0.4) is 0 Å².